The van der Waals surface area contributed by atoms with Crippen LogP contribution in [0.25, 0.3) is 0 Å². The average Bonchev–Trinajstić information content (AvgIpc) is 2.84. The Balaban J connectivity index is 2.53. The van der Waals surface area contributed by atoms with Crippen LogP contribution in [0.1, 0.15) is 20.8 Å². The van der Waals surface area contributed by atoms with Crippen LogP contribution in [0.5, 0.6) is 0 Å². The van der Waals surface area contributed by atoms with Gasteiger partial charge in [0.25, 0.3) is 0 Å². The molecule has 166 valence electrons. The summed E-state index contributed by atoms with van der Waals surface area (Å²) in [7, 11) is -3.57. The maximum absolute atomic E-state index is 14.5. The molecule has 0 aliphatic heterocycles. The van der Waals surface area contributed by atoms with Crippen LogP contribution in [0, 0.1) is 0 Å². The van der Waals surface area contributed by atoms with E-state index in [0.29, 0.717) is 13.2 Å². The molecule has 32 heavy (non-hydrogen) atoms. The Bertz CT molecular complexity index is 973. The molecule has 0 saturated carbocycles. The third-order valence-corrected chi connectivity index (χ3v) is 24.8. The first-order valence-corrected chi connectivity index (χ1v) is 18.3. The van der Waals surface area contributed by atoms with Crippen LogP contribution in [0.3, 0.4) is 0 Å². The second-order valence-electron chi connectivity index (χ2n) is 7.26. The van der Waals surface area contributed by atoms with Crippen molar-refractivity contribution in [3.8, 4) is 0 Å². The van der Waals surface area contributed by atoms with Crippen molar-refractivity contribution in [2.24, 2.45) is 0 Å². The molecule has 0 unspecified atom stereocenters. The standard InChI is InChI=1S/C9H16O3P.3C6H5.Sn/c1-4-7-8-9-13(10,11-5-2)12-6-3;3*1-2-4-6-5-3-1;/h4,7-8H,5-6H2,1-3H3;3*1-5H;/b7-4+,9-8?;;;;. The summed E-state index contributed by atoms with van der Waals surface area (Å²) in [6.07, 6.45) is 5.91. The number of hydrogen-bond donors (Lipinski definition) is 0. The predicted octanol–water partition coefficient (Wildman–Crippen LogP) is 5.42. The molecule has 0 heterocycles. The van der Waals surface area contributed by atoms with Gasteiger partial charge in [0.1, 0.15) is 0 Å². The van der Waals surface area contributed by atoms with Gasteiger partial charge in [-0.25, -0.2) is 0 Å². The molecule has 3 aromatic rings. The van der Waals surface area contributed by atoms with Crippen molar-refractivity contribution in [1.82, 2.24) is 0 Å². The molecule has 3 rings (SSSR count). The molecule has 0 saturated heterocycles. The molecule has 0 amide bonds. The molecule has 3 aromatic carbocycles. The summed E-state index contributed by atoms with van der Waals surface area (Å²) in [5.74, 6) is 0. The second kappa shape index (κ2) is 11.8. The van der Waals surface area contributed by atoms with Gasteiger partial charge in [-0.05, 0) is 0 Å². The van der Waals surface area contributed by atoms with Gasteiger partial charge in [0.2, 0.25) is 0 Å². The SMILES string of the molecule is C/C=C/C=[C](\P(=O)(OCC)OCC)[Sn]([c]1ccccc1)([c]1ccccc1)[c]1ccccc1. The third kappa shape index (κ3) is 5.02. The summed E-state index contributed by atoms with van der Waals surface area (Å²) < 4.78 is 30.9. The van der Waals surface area contributed by atoms with Gasteiger partial charge in [-0.1, -0.05) is 0 Å². The fraction of sp³-hybridized carbons (Fsp3) is 0.185. The van der Waals surface area contributed by atoms with E-state index in [1.165, 1.54) is 10.7 Å². The normalized spacial score (nSPS) is 12.9. The molecule has 5 heteroatoms. The van der Waals surface area contributed by atoms with Crippen molar-refractivity contribution < 1.29 is 13.6 Å². The minimum atomic E-state index is -4.10. The van der Waals surface area contributed by atoms with Crippen molar-refractivity contribution in [2.45, 2.75) is 20.8 Å². The Morgan fingerprint density at radius 3 is 1.44 bits per heavy atom. The van der Waals surface area contributed by atoms with Crippen molar-refractivity contribution in [2.75, 3.05) is 13.2 Å². The Hall–Kier alpha value is -1.91. The second-order valence-corrected chi connectivity index (χ2v) is 21.2. The number of allylic oxidation sites excluding steroid dienone is 3. The molecule has 0 aromatic heterocycles. The van der Waals surface area contributed by atoms with Gasteiger partial charge in [0.15, 0.2) is 0 Å². The van der Waals surface area contributed by atoms with E-state index in [-0.39, 0.29) is 0 Å². The molecule has 3 nitrogen and oxygen atoms in total. The number of rotatable bonds is 10. The van der Waals surface area contributed by atoms with Gasteiger partial charge in [-0.2, -0.15) is 0 Å². The fourth-order valence-corrected chi connectivity index (χ4v) is 25.4. The monoisotopic (exact) mass is 554 g/mol. The average molecular weight is 553 g/mol. The van der Waals surface area contributed by atoms with Crippen molar-refractivity contribution >= 4 is 36.7 Å². The Kier molecular flexibility index (Phi) is 9.12. The molecule has 0 atom stereocenters. The first-order valence-electron chi connectivity index (χ1n) is 11.0. The quantitative estimate of drug-likeness (QED) is 0.191. The van der Waals surface area contributed by atoms with Gasteiger partial charge < -0.3 is 0 Å². The summed E-state index contributed by atoms with van der Waals surface area (Å²) in [5, 5.41) is 0. The first kappa shape index (κ1) is 24.7. The first-order chi connectivity index (χ1) is 15.6. The molecule has 0 aliphatic rings. The van der Waals surface area contributed by atoms with Crippen LogP contribution in [0.2, 0.25) is 0 Å². The molecular formula is C27H31O3PSn. The fourth-order valence-electron chi connectivity index (χ4n) is 4.13. The zero-order chi connectivity index (χ0) is 22.9. The van der Waals surface area contributed by atoms with Gasteiger partial charge in [0.05, 0.1) is 0 Å². The summed E-state index contributed by atoms with van der Waals surface area (Å²) in [6, 6.07) is 31.5. The summed E-state index contributed by atoms with van der Waals surface area (Å²) >= 11 is -4.10. The van der Waals surface area contributed by atoms with Crippen LogP contribution in [-0.4, -0.2) is 31.6 Å². The van der Waals surface area contributed by atoms with Crippen LogP contribution < -0.4 is 10.7 Å². The molecular weight excluding hydrogens is 522 g/mol. The van der Waals surface area contributed by atoms with Crippen LogP contribution >= 0.6 is 7.60 Å². The topological polar surface area (TPSA) is 35.5 Å². The van der Waals surface area contributed by atoms with E-state index in [1.54, 1.807) is 0 Å². The zero-order valence-electron chi connectivity index (χ0n) is 19.0. The summed E-state index contributed by atoms with van der Waals surface area (Å²) in [4.78, 5) is 0. The summed E-state index contributed by atoms with van der Waals surface area (Å²) in [5.41, 5.74) is 0. The van der Waals surface area contributed by atoms with E-state index in [4.69, 9.17) is 9.05 Å². The Morgan fingerprint density at radius 2 is 1.12 bits per heavy atom. The molecule has 0 N–H and O–H groups in total. The third-order valence-electron chi connectivity index (χ3n) is 5.34. The van der Waals surface area contributed by atoms with Gasteiger partial charge in [0, 0.05) is 0 Å². The van der Waals surface area contributed by atoms with Gasteiger partial charge in [-0.15, -0.1) is 0 Å². The van der Waals surface area contributed by atoms with Gasteiger partial charge >= 0.3 is 197 Å². The van der Waals surface area contributed by atoms with Crippen LogP contribution in [0.4, 0.5) is 0 Å². The Labute approximate surface area is 196 Å². The van der Waals surface area contributed by atoms with E-state index in [0.717, 1.165) is 3.33 Å². The Morgan fingerprint density at radius 1 is 0.750 bits per heavy atom. The van der Waals surface area contributed by atoms with Crippen LogP contribution in [-0.2, 0) is 13.6 Å². The van der Waals surface area contributed by atoms with Crippen LogP contribution in [0.15, 0.2) is 113 Å². The van der Waals surface area contributed by atoms with E-state index >= 15 is 0 Å². The van der Waals surface area contributed by atoms with E-state index in [2.05, 4.69) is 72.8 Å². The van der Waals surface area contributed by atoms with E-state index in [9.17, 15) is 4.57 Å². The molecule has 0 aliphatic carbocycles. The molecule has 0 bridgehead atoms. The maximum atomic E-state index is 14.5. The van der Waals surface area contributed by atoms with Crippen molar-refractivity contribution in [1.29, 1.82) is 0 Å². The van der Waals surface area contributed by atoms with Crippen molar-refractivity contribution in [3.05, 3.63) is 113 Å². The van der Waals surface area contributed by atoms with Crippen molar-refractivity contribution in [3.63, 3.8) is 0 Å². The number of hydrogen-bond acceptors (Lipinski definition) is 3. The molecule has 0 fully saturated rings. The van der Waals surface area contributed by atoms with E-state index < -0.39 is 26.0 Å². The zero-order valence-corrected chi connectivity index (χ0v) is 22.7. The minimum absolute atomic E-state index is 0.310. The summed E-state index contributed by atoms with van der Waals surface area (Å²) in [6.45, 7) is 6.31. The number of benzene rings is 3. The van der Waals surface area contributed by atoms with Gasteiger partial charge in [-0.3, -0.25) is 0 Å². The van der Waals surface area contributed by atoms with E-state index in [1.807, 2.05) is 57.2 Å². The molecule has 0 radical (unpaired) electrons. The molecule has 0 spiro atoms. The predicted molar refractivity (Wildman–Crippen MR) is 138 cm³/mol.